The number of thiazole rings is 1. The molecule has 0 bridgehead atoms. The van der Waals surface area contributed by atoms with E-state index in [4.69, 9.17) is 5.73 Å². The Bertz CT molecular complexity index is 971. The number of fused-ring (bicyclic) bond motifs is 2. The molecule has 4 fully saturated rings. The number of nitrogens with two attached hydrogens (primary N) is 1. The van der Waals surface area contributed by atoms with Gasteiger partial charge in [-0.05, 0) is 50.4 Å². The monoisotopic (exact) mass is 486 g/mol. The summed E-state index contributed by atoms with van der Waals surface area (Å²) in [6.45, 7) is 5.89. The molecular formula is C21H27N4NaO4S2. The molecule has 7 atom stereocenters. The molecule has 0 aromatic carbocycles. The van der Waals surface area contributed by atoms with Crippen molar-refractivity contribution in [2.75, 3.05) is 5.73 Å². The fourth-order valence-corrected chi connectivity index (χ4v) is 8.50. The maximum atomic E-state index is 13.4. The first kappa shape index (κ1) is 24.3. The van der Waals surface area contributed by atoms with Crippen molar-refractivity contribution in [3.05, 3.63) is 11.1 Å². The molecule has 3 N–H and O–H groups in total. The number of thioether (sulfide) groups is 1. The van der Waals surface area contributed by atoms with Crippen molar-refractivity contribution >= 4 is 46.0 Å². The molecule has 0 spiro atoms. The van der Waals surface area contributed by atoms with E-state index in [1.165, 1.54) is 47.3 Å². The fraction of sp³-hybridized carbons (Fsp3) is 0.714. The predicted molar refractivity (Wildman–Crippen MR) is 116 cm³/mol. The number of carboxylic acid groups (broad SMARTS) is 1. The molecule has 5 rings (SSSR count). The standard InChI is InChI=1S/C21H28N4O4S2.Na/c1-20(2)14(18(28)29)25-16(27)13(17(25)31-20)24-15(26)9(12-8-30-19(22)23-12)7-11-10-5-4-6-21(10,11)3;/h8-11,13-14,17H,4-7H2,1-3H3,(H2,22,23)(H,24,26)(H,28,29);/q;+1/p-1/t9?,10?,11?,13-,14+,17-,21?;/m1./s1. The topological polar surface area (TPSA) is 128 Å². The smallest absolute Gasteiger partial charge is 0.548 e. The molecule has 32 heavy (non-hydrogen) atoms. The number of carbonyl (C=O) groups is 3. The van der Waals surface area contributed by atoms with Gasteiger partial charge in [0.15, 0.2) is 5.13 Å². The van der Waals surface area contributed by atoms with Gasteiger partial charge in [-0.2, -0.15) is 0 Å². The summed E-state index contributed by atoms with van der Waals surface area (Å²) in [6.07, 6.45) is 4.36. The summed E-state index contributed by atoms with van der Waals surface area (Å²) in [6, 6.07) is -1.73. The van der Waals surface area contributed by atoms with Crippen molar-refractivity contribution in [2.24, 2.45) is 17.3 Å². The molecule has 2 saturated carbocycles. The molecule has 1 aromatic heterocycles. The van der Waals surface area contributed by atoms with E-state index in [2.05, 4.69) is 17.2 Å². The maximum absolute atomic E-state index is 13.4. The molecule has 4 aliphatic rings. The van der Waals surface area contributed by atoms with E-state index in [0.29, 0.717) is 34.5 Å². The van der Waals surface area contributed by atoms with Crippen LogP contribution >= 0.6 is 23.1 Å². The number of β-lactam (4-membered cyclic amide) rings is 1. The van der Waals surface area contributed by atoms with E-state index in [1.807, 2.05) is 5.38 Å². The summed E-state index contributed by atoms with van der Waals surface area (Å²) in [4.78, 5) is 43.4. The number of amides is 2. The zero-order valence-electron chi connectivity index (χ0n) is 18.8. The number of hydrogen-bond donors (Lipinski definition) is 2. The number of rotatable bonds is 6. The minimum atomic E-state index is -1.26. The van der Waals surface area contributed by atoms with Gasteiger partial charge in [0, 0.05) is 10.1 Å². The van der Waals surface area contributed by atoms with Crippen LogP contribution in [0.1, 0.15) is 58.1 Å². The van der Waals surface area contributed by atoms with Crippen LogP contribution in [0, 0.1) is 17.3 Å². The molecule has 2 aliphatic carbocycles. The van der Waals surface area contributed by atoms with Crippen LogP contribution in [0.4, 0.5) is 5.13 Å². The number of anilines is 1. The number of carboxylic acids is 1. The third-order valence-corrected chi connectivity index (χ3v) is 10.2. The molecule has 0 radical (unpaired) electrons. The van der Waals surface area contributed by atoms with Crippen LogP contribution in [0.2, 0.25) is 0 Å². The van der Waals surface area contributed by atoms with Crippen LogP contribution in [-0.4, -0.2) is 49.9 Å². The molecular weight excluding hydrogens is 459 g/mol. The molecule has 8 nitrogen and oxygen atoms in total. The second-order valence-electron chi connectivity index (χ2n) is 10.1. The van der Waals surface area contributed by atoms with Crippen molar-refractivity contribution in [1.29, 1.82) is 0 Å². The molecule has 2 saturated heterocycles. The third-order valence-electron chi connectivity index (χ3n) is 7.97. The van der Waals surface area contributed by atoms with Gasteiger partial charge in [-0.1, -0.05) is 13.3 Å². The number of nitrogens with one attached hydrogen (secondary N) is 1. The Morgan fingerprint density at radius 2 is 2.12 bits per heavy atom. The van der Waals surface area contributed by atoms with Gasteiger partial charge in [-0.15, -0.1) is 23.1 Å². The minimum Gasteiger partial charge on any atom is -0.548 e. The van der Waals surface area contributed by atoms with Crippen molar-refractivity contribution in [2.45, 2.75) is 74.6 Å². The van der Waals surface area contributed by atoms with Gasteiger partial charge in [0.05, 0.1) is 23.6 Å². The quantitative estimate of drug-likeness (QED) is 0.349. The fourth-order valence-electron chi connectivity index (χ4n) is 6.26. The van der Waals surface area contributed by atoms with Gasteiger partial charge in [0.25, 0.3) is 0 Å². The van der Waals surface area contributed by atoms with Crippen molar-refractivity contribution in [1.82, 2.24) is 15.2 Å². The second-order valence-corrected chi connectivity index (χ2v) is 12.7. The predicted octanol–water partition coefficient (Wildman–Crippen LogP) is -2.06. The summed E-state index contributed by atoms with van der Waals surface area (Å²) in [5, 5.41) is 16.4. The number of nitrogens with zero attached hydrogens (tertiary/aromatic N) is 2. The first-order valence-electron chi connectivity index (χ1n) is 10.8. The van der Waals surface area contributed by atoms with E-state index >= 15 is 0 Å². The van der Waals surface area contributed by atoms with E-state index < -0.39 is 34.1 Å². The molecule has 11 heteroatoms. The van der Waals surface area contributed by atoms with Crippen LogP contribution in [-0.2, 0) is 14.4 Å². The van der Waals surface area contributed by atoms with Gasteiger partial charge in [0.2, 0.25) is 11.8 Å². The third kappa shape index (κ3) is 3.61. The number of aliphatic carboxylic acids is 1. The summed E-state index contributed by atoms with van der Waals surface area (Å²) in [5.74, 6) is -1.17. The van der Waals surface area contributed by atoms with E-state index in [0.717, 1.165) is 0 Å². The summed E-state index contributed by atoms with van der Waals surface area (Å²) >= 11 is 2.71. The average molecular weight is 487 g/mol. The molecule has 3 heterocycles. The molecule has 2 amide bonds. The molecule has 4 unspecified atom stereocenters. The molecule has 1 aromatic rings. The Balaban J connectivity index is 0.00000245. The summed E-state index contributed by atoms with van der Waals surface area (Å²) in [7, 11) is 0. The molecule has 2 aliphatic heterocycles. The van der Waals surface area contributed by atoms with E-state index in [9.17, 15) is 19.5 Å². The first-order chi connectivity index (χ1) is 14.5. The Kier molecular flexibility index (Phi) is 6.19. The second kappa shape index (κ2) is 8.15. The van der Waals surface area contributed by atoms with Crippen molar-refractivity contribution in [3.8, 4) is 0 Å². The van der Waals surface area contributed by atoms with Gasteiger partial charge in [-0.25, -0.2) is 4.98 Å². The largest absolute Gasteiger partial charge is 1.00 e. The molecule has 168 valence electrons. The van der Waals surface area contributed by atoms with Gasteiger partial charge in [-0.3, -0.25) is 9.59 Å². The average Bonchev–Trinajstić information content (AvgIpc) is 3.10. The number of aromatic nitrogens is 1. The Labute approximate surface area is 217 Å². The van der Waals surface area contributed by atoms with Crippen molar-refractivity contribution < 1.29 is 49.0 Å². The Morgan fingerprint density at radius 3 is 2.69 bits per heavy atom. The van der Waals surface area contributed by atoms with Crippen LogP contribution in [0.3, 0.4) is 0 Å². The summed E-state index contributed by atoms with van der Waals surface area (Å²) in [5.41, 5.74) is 6.81. The number of hydrogen-bond acceptors (Lipinski definition) is 8. The number of carbonyl (C=O) groups excluding carboxylic acids is 3. The van der Waals surface area contributed by atoms with Gasteiger partial charge < -0.3 is 25.9 Å². The van der Waals surface area contributed by atoms with E-state index in [-0.39, 0.29) is 41.4 Å². The van der Waals surface area contributed by atoms with Crippen LogP contribution in [0.15, 0.2) is 5.38 Å². The van der Waals surface area contributed by atoms with Crippen molar-refractivity contribution in [3.63, 3.8) is 0 Å². The van der Waals surface area contributed by atoms with Gasteiger partial charge in [0.1, 0.15) is 11.4 Å². The normalized spacial score (nSPS) is 37.0. The Morgan fingerprint density at radius 1 is 1.41 bits per heavy atom. The number of nitrogen functional groups attached to an aromatic ring is 1. The van der Waals surface area contributed by atoms with Crippen LogP contribution < -0.4 is 45.7 Å². The first-order valence-corrected chi connectivity index (χ1v) is 12.5. The maximum Gasteiger partial charge on any atom is 1.00 e. The van der Waals surface area contributed by atoms with Gasteiger partial charge >= 0.3 is 29.6 Å². The Hall–Kier alpha value is -0.810. The SMILES string of the molecule is CC12CCCC1C2CC(C(=O)N[C@@H]1C(=O)N2[C@@H]1SC(C)(C)[C@@H]2C(=O)[O-])c1csc(N)n1.[Na+]. The van der Waals surface area contributed by atoms with Crippen LogP contribution in [0.5, 0.6) is 0 Å². The van der Waals surface area contributed by atoms with E-state index in [1.54, 1.807) is 13.8 Å². The zero-order chi connectivity index (χ0) is 22.3. The van der Waals surface area contributed by atoms with Crippen LogP contribution in [0.25, 0.3) is 0 Å². The zero-order valence-corrected chi connectivity index (χ0v) is 22.4. The summed E-state index contributed by atoms with van der Waals surface area (Å²) < 4.78 is -0.679. The minimum absolute atomic E-state index is 0.